The average Bonchev–Trinajstić information content (AvgIpc) is 2.54. The molecule has 0 radical (unpaired) electrons. The molecule has 1 aromatic carbocycles. The van der Waals surface area contributed by atoms with E-state index in [0.717, 1.165) is 6.54 Å². The summed E-state index contributed by atoms with van der Waals surface area (Å²) in [5.41, 5.74) is 0.639. The van der Waals surface area contributed by atoms with Crippen LogP contribution in [0.2, 0.25) is 0 Å². The van der Waals surface area contributed by atoms with Crippen molar-refractivity contribution >= 4 is 17.6 Å². The Morgan fingerprint density at radius 2 is 2.14 bits per heavy atom. The van der Waals surface area contributed by atoms with Crippen LogP contribution in [0.25, 0.3) is 0 Å². The molecule has 0 spiro atoms. The average molecular weight is 294 g/mol. The summed E-state index contributed by atoms with van der Waals surface area (Å²) >= 11 is 0. The van der Waals surface area contributed by atoms with E-state index in [1.165, 1.54) is 7.11 Å². The van der Waals surface area contributed by atoms with Gasteiger partial charge in [-0.25, -0.2) is 4.79 Å². The second-order valence-electron chi connectivity index (χ2n) is 4.44. The van der Waals surface area contributed by atoms with E-state index in [1.807, 2.05) is 0 Å². The Balaban J connectivity index is 1.84. The van der Waals surface area contributed by atoms with Crippen LogP contribution in [0, 0.1) is 0 Å². The van der Waals surface area contributed by atoms with E-state index < -0.39 is 12.1 Å². The molecule has 114 valence electrons. The molecule has 2 rings (SSSR count). The molecule has 21 heavy (non-hydrogen) atoms. The van der Waals surface area contributed by atoms with Gasteiger partial charge in [-0.1, -0.05) is 0 Å². The molecule has 1 saturated heterocycles. The summed E-state index contributed by atoms with van der Waals surface area (Å²) in [5.74, 6) is -0.117. The molecule has 1 aliphatic rings. The fourth-order valence-corrected chi connectivity index (χ4v) is 1.79. The summed E-state index contributed by atoms with van der Waals surface area (Å²) in [6.07, 6.45) is -0.478. The molecule has 1 atom stereocenters. The van der Waals surface area contributed by atoms with Crippen LogP contribution in [0.1, 0.15) is 0 Å². The number of hydrogen-bond donors (Lipinski definition) is 2. The minimum atomic E-state index is -0.478. The molecule has 0 aromatic heterocycles. The summed E-state index contributed by atoms with van der Waals surface area (Å²) in [6.45, 7) is 1.64. The number of benzene rings is 1. The topological polar surface area (TPSA) is 85.9 Å². The molecule has 7 heteroatoms. The normalized spacial score (nSPS) is 17.9. The lowest BCUT2D eigenvalue weighted by atomic mass is 10.2. The van der Waals surface area contributed by atoms with Crippen LogP contribution in [0.4, 0.5) is 5.69 Å². The molecule has 2 N–H and O–H groups in total. The summed E-state index contributed by atoms with van der Waals surface area (Å²) in [6, 6.07) is 6.72. The number of carbonyl (C=O) groups excluding carboxylic acids is 2. The van der Waals surface area contributed by atoms with Crippen molar-refractivity contribution in [1.82, 2.24) is 5.32 Å². The number of rotatable bonds is 5. The fraction of sp³-hybridized carbons (Fsp3) is 0.429. The number of morpholine rings is 1. The van der Waals surface area contributed by atoms with Gasteiger partial charge in [0, 0.05) is 18.8 Å². The third-order valence-electron chi connectivity index (χ3n) is 2.93. The van der Waals surface area contributed by atoms with Crippen LogP contribution >= 0.6 is 0 Å². The maximum Gasteiger partial charge on any atom is 0.343 e. The van der Waals surface area contributed by atoms with Gasteiger partial charge in [-0.05, 0) is 24.3 Å². The lowest BCUT2D eigenvalue weighted by Gasteiger charge is -2.22. The number of hydrogen-bond acceptors (Lipinski definition) is 6. The highest BCUT2D eigenvalue weighted by Crippen LogP contribution is 2.16. The van der Waals surface area contributed by atoms with Crippen LogP contribution in [-0.2, 0) is 19.1 Å². The van der Waals surface area contributed by atoms with E-state index in [1.54, 1.807) is 24.3 Å². The van der Waals surface area contributed by atoms with E-state index in [9.17, 15) is 9.59 Å². The molecule has 1 amide bonds. The van der Waals surface area contributed by atoms with Crippen molar-refractivity contribution in [3.05, 3.63) is 24.3 Å². The van der Waals surface area contributed by atoms with Crippen molar-refractivity contribution in [3.8, 4) is 5.75 Å². The van der Waals surface area contributed by atoms with Gasteiger partial charge in [0.2, 0.25) is 0 Å². The van der Waals surface area contributed by atoms with E-state index in [0.29, 0.717) is 24.6 Å². The molecule has 1 fully saturated rings. The Labute approximate surface area is 122 Å². The molecule has 0 saturated carbocycles. The second kappa shape index (κ2) is 7.61. The molecule has 1 heterocycles. The van der Waals surface area contributed by atoms with Gasteiger partial charge in [0.1, 0.15) is 11.9 Å². The van der Waals surface area contributed by atoms with E-state index in [-0.39, 0.29) is 12.5 Å². The van der Waals surface area contributed by atoms with E-state index >= 15 is 0 Å². The largest absolute Gasteiger partial charge is 0.482 e. The van der Waals surface area contributed by atoms with Crippen LogP contribution in [0.5, 0.6) is 5.75 Å². The summed E-state index contributed by atoms with van der Waals surface area (Å²) < 4.78 is 15.1. The van der Waals surface area contributed by atoms with Crippen LogP contribution in [0.3, 0.4) is 0 Å². The first kappa shape index (κ1) is 15.3. The number of anilines is 1. The smallest absolute Gasteiger partial charge is 0.343 e. The zero-order valence-corrected chi connectivity index (χ0v) is 11.8. The predicted molar refractivity (Wildman–Crippen MR) is 75.2 cm³/mol. The summed E-state index contributed by atoms with van der Waals surface area (Å²) in [7, 11) is 1.30. The highest BCUT2D eigenvalue weighted by atomic mass is 16.6. The minimum absolute atomic E-state index is 0.149. The molecule has 1 unspecified atom stereocenters. The highest BCUT2D eigenvalue weighted by molar-refractivity contribution is 5.94. The van der Waals surface area contributed by atoms with Crippen LogP contribution < -0.4 is 15.4 Å². The standard InChI is InChI=1S/C14H18N2O5/c1-19-13(17)9-21-11-4-2-10(3-5-11)16-14(18)12-8-15-6-7-20-12/h2-5,12,15H,6-9H2,1H3,(H,16,18). The second-order valence-corrected chi connectivity index (χ2v) is 4.44. The number of nitrogens with one attached hydrogen (secondary N) is 2. The Kier molecular flexibility index (Phi) is 5.53. The number of amides is 1. The zero-order valence-electron chi connectivity index (χ0n) is 11.8. The molecule has 0 aliphatic carbocycles. The van der Waals surface area contributed by atoms with Crippen molar-refractivity contribution in [2.75, 3.05) is 38.7 Å². The monoisotopic (exact) mass is 294 g/mol. The Morgan fingerprint density at radius 1 is 1.38 bits per heavy atom. The molecular formula is C14H18N2O5. The third kappa shape index (κ3) is 4.73. The minimum Gasteiger partial charge on any atom is -0.482 e. The van der Waals surface area contributed by atoms with Gasteiger partial charge in [-0.2, -0.15) is 0 Å². The molecule has 1 aliphatic heterocycles. The quantitative estimate of drug-likeness (QED) is 0.753. The maximum absolute atomic E-state index is 11.9. The van der Waals surface area contributed by atoms with Gasteiger partial charge < -0.3 is 24.8 Å². The Hall–Kier alpha value is -2.12. The van der Waals surface area contributed by atoms with Crippen molar-refractivity contribution in [1.29, 1.82) is 0 Å². The number of ether oxygens (including phenoxy) is 3. The first-order chi connectivity index (χ1) is 10.2. The predicted octanol–water partition coefficient (Wildman–Crippen LogP) is 0.165. The summed E-state index contributed by atoms with van der Waals surface area (Å²) in [5, 5.41) is 5.86. The first-order valence-electron chi connectivity index (χ1n) is 6.62. The Bertz CT molecular complexity index is 483. The molecule has 7 nitrogen and oxygen atoms in total. The van der Waals surface area contributed by atoms with Crippen LogP contribution in [0.15, 0.2) is 24.3 Å². The summed E-state index contributed by atoms with van der Waals surface area (Å²) in [4.78, 5) is 22.9. The highest BCUT2D eigenvalue weighted by Gasteiger charge is 2.21. The lowest BCUT2D eigenvalue weighted by molar-refractivity contribution is -0.142. The zero-order chi connectivity index (χ0) is 15.1. The first-order valence-corrected chi connectivity index (χ1v) is 6.62. The number of methoxy groups -OCH3 is 1. The third-order valence-corrected chi connectivity index (χ3v) is 2.93. The van der Waals surface area contributed by atoms with Crippen LogP contribution in [-0.4, -0.2) is 51.4 Å². The Morgan fingerprint density at radius 3 is 2.76 bits per heavy atom. The molecular weight excluding hydrogens is 276 g/mol. The molecule has 1 aromatic rings. The van der Waals surface area contributed by atoms with Crippen molar-refractivity contribution in [3.63, 3.8) is 0 Å². The number of esters is 1. The van der Waals surface area contributed by atoms with Crippen molar-refractivity contribution in [2.24, 2.45) is 0 Å². The maximum atomic E-state index is 11.9. The van der Waals surface area contributed by atoms with Gasteiger partial charge in [-0.3, -0.25) is 4.79 Å². The fourth-order valence-electron chi connectivity index (χ4n) is 1.79. The van der Waals surface area contributed by atoms with Gasteiger partial charge in [0.15, 0.2) is 6.61 Å². The van der Waals surface area contributed by atoms with Crippen molar-refractivity contribution < 1.29 is 23.8 Å². The van der Waals surface area contributed by atoms with Gasteiger partial charge in [-0.15, -0.1) is 0 Å². The van der Waals surface area contributed by atoms with Gasteiger partial charge in [0.25, 0.3) is 5.91 Å². The van der Waals surface area contributed by atoms with Crippen molar-refractivity contribution in [2.45, 2.75) is 6.10 Å². The van der Waals surface area contributed by atoms with E-state index in [4.69, 9.17) is 9.47 Å². The SMILES string of the molecule is COC(=O)COc1ccc(NC(=O)C2CNCCO2)cc1. The van der Waals surface area contributed by atoms with Gasteiger partial charge in [0.05, 0.1) is 13.7 Å². The van der Waals surface area contributed by atoms with E-state index in [2.05, 4.69) is 15.4 Å². The molecule has 0 bridgehead atoms. The lowest BCUT2D eigenvalue weighted by Crippen LogP contribution is -2.45. The number of carbonyl (C=O) groups is 2. The van der Waals surface area contributed by atoms with Gasteiger partial charge >= 0.3 is 5.97 Å².